The smallest absolute Gasteiger partial charge is 0.190 e. The van der Waals surface area contributed by atoms with Crippen molar-refractivity contribution in [2.24, 2.45) is 25.6 Å². The number of carbonyl (C=O) groups excluding carboxylic acids is 1. The van der Waals surface area contributed by atoms with Crippen molar-refractivity contribution in [3.63, 3.8) is 0 Å². The Bertz CT molecular complexity index is 446. The highest BCUT2D eigenvalue weighted by Gasteiger charge is 2.32. The maximum atomic E-state index is 9.88. The Balaban J connectivity index is 0.000000309. The second kappa shape index (κ2) is 9.93. The van der Waals surface area contributed by atoms with Crippen LogP contribution in [-0.4, -0.2) is 47.1 Å². The van der Waals surface area contributed by atoms with Gasteiger partial charge >= 0.3 is 0 Å². The molecule has 0 spiro atoms. The van der Waals surface area contributed by atoms with Crippen LogP contribution in [0.3, 0.4) is 0 Å². The van der Waals surface area contributed by atoms with Gasteiger partial charge in [-0.15, -0.1) is 0 Å². The van der Waals surface area contributed by atoms with Crippen LogP contribution in [0.25, 0.3) is 10.4 Å². The minimum Gasteiger partial charge on any atom is -0.396 e. The molecular formula is C12H23N7O3. The second-order valence-electron chi connectivity index (χ2n) is 5.19. The predicted octanol–water partition coefficient (Wildman–Crippen LogP) is 2.38. The molecule has 2 heterocycles. The van der Waals surface area contributed by atoms with Crippen LogP contribution < -0.4 is 0 Å². The molecule has 124 valence electrons. The number of ketones is 1. The Morgan fingerprint density at radius 3 is 1.82 bits per heavy atom. The third kappa shape index (κ3) is 11.9. The number of nitrogens with zero attached hydrogens (tertiary/aromatic N) is 7. The molecule has 2 aliphatic rings. The van der Waals surface area contributed by atoms with E-state index in [-0.39, 0.29) is 30.3 Å². The van der Waals surface area contributed by atoms with Crippen LogP contribution in [0.1, 0.15) is 40.0 Å². The molecule has 0 saturated carbocycles. The minimum absolute atomic E-state index is 0.0185. The first-order valence-electron chi connectivity index (χ1n) is 6.91. The van der Waals surface area contributed by atoms with Gasteiger partial charge in [0, 0.05) is 43.9 Å². The third-order valence-corrected chi connectivity index (χ3v) is 2.68. The second-order valence-corrected chi connectivity index (χ2v) is 5.19. The van der Waals surface area contributed by atoms with Crippen molar-refractivity contribution >= 4 is 5.78 Å². The van der Waals surface area contributed by atoms with Gasteiger partial charge in [-0.25, -0.2) is 0 Å². The van der Waals surface area contributed by atoms with Crippen LogP contribution in [0.15, 0.2) is 25.6 Å². The summed E-state index contributed by atoms with van der Waals surface area (Å²) in [5.41, 5.74) is 7.47. The van der Waals surface area contributed by atoms with E-state index in [2.05, 4.69) is 30.5 Å². The van der Waals surface area contributed by atoms with Crippen molar-refractivity contribution in [3.8, 4) is 0 Å². The summed E-state index contributed by atoms with van der Waals surface area (Å²) in [7, 11) is 0. The number of azide groups is 1. The first kappa shape index (κ1) is 20.1. The predicted molar refractivity (Wildman–Crippen MR) is 79.2 cm³/mol. The van der Waals surface area contributed by atoms with E-state index in [0.29, 0.717) is 19.4 Å². The van der Waals surface area contributed by atoms with Crippen molar-refractivity contribution < 1.29 is 15.0 Å². The van der Waals surface area contributed by atoms with Gasteiger partial charge in [0.05, 0.1) is 0 Å². The molecule has 0 aliphatic carbocycles. The zero-order chi connectivity index (χ0) is 17.1. The highest BCUT2D eigenvalue weighted by Crippen LogP contribution is 2.30. The van der Waals surface area contributed by atoms with E-state index >= 15 is 0 Å². The molecule has 10 heteroatoms. The largest absolute Gasteiger partial charge is 0.396 e. The molecular weight excluding hydrogens is 290 g/mol. The van der Waals surface area contributed by atoms with E-state index in [1.165, 1.54) is 6.92 Å². The van der Waals surface area contributed by atoms with Gasteiger partial charge in [-0.1, -0.05) is 5.11 Å². The summed E-state index contributed by atoms with van der Waals surface area (Å²) < 4.78 is 0. The van der Waals surface area contributed by atoms with Crippen molar-refractivity contribution in [3.05, 3.63) is 10.4 Å². The van der Waals surface area contributed by atoms with Crippen LogP contribution in [0, 0.1) is 0 Å². The fourth-order valence-electron chi connectivity index (χ4n) is 1.05. The highest BCUT2D eigenvalue weighted by atomic mass is 16.3. The van der Waals surface area contributed by atoms with Crippen LogP contribution in [0.5, 0.6) is 0 Å². The van der Waals surface area contributed by atoms with Gasteiger partial charge in [0.2, 0.25) is 0 Å². The molecule has 0 aromatic heterocycles. The fraction of sp³-hybridized carbons (Fsp3) is 0.917. The average Bonchev–Trinajstić information content (AvgIpc) is 3.33. The minimum atomic E-state index is -0.214. The van der Waals surface area contributed by atoms with Crippen LogP contribution in [0.2, 0.25) is 0 Å². The van der Waals surface area contributed by atoms with Gasteiger partial charge in [0.15, 0.2) is 11.3 Å². The molecule has 2 N–H and O–H groups in total. The Labute approximate surface area is 129 Å². The molecule has 0 saturated heterocycles. The first-order chi connectivity index (χ1) is 10.3. The van der Waals surface area contributed by atoms with Gasteiger partial charge in [0.1, 0.15) is 5.78 Å². The Morgan fingerprint density at radius 2 is 1.59 bits per heavy atom. The molecule has 0 amide bonds. The number of carbonyl (C=O) groups is 1. The number of aliphatic hydroxyl groups excluding tert-OH is 2. The lowest BCUT2D eigenvalue weighted by Crippen LogP contribution is -2.05. The Kier molecular flexibility index (Phi) is 9.07. The fourth-order valence-corrected chi connectivity index (χ4v) is 1.05. The molecule has 0 unspecified atom stereocenters. The third-order valence-electron chi connectivity index (χ3n) is 2.68. The Hall–Kier alpha value is -1.90. The van der Waals surface area contributed by atoms with Crippen LogP contribution in [-0.2, 0) is 4.79 Å². The molecule has 0 radical (unpaired) electrons. The summed E-state index contributed by atoms with van der Waals surface area (Å²) in [6, 6.07) is 0. The van der Waals surface area contributed by atoms with Crippen molar-refractivity contribution in [1.29, 1.82) is 0 Å². The van der Waals surface area contributed by atoms with Crippen LogP contribution >= 0.6 is 0 Å². The van der Waals surface area contributed by atoms with E-state index in [4.69, 9.17) is 15.7 Å². The number of Topliss-reactive ketones (excluding diaryl/α,β-unsaturated/α-hetero) is 1. The van der Waals surface area contributed by atoms with Gasteiger partial charge in [-0.3, -0.25) is 4.79 Å². The topological polar surface area (TPSA) is 156 Å². The van der Waals surface area contributed by atoms with Gasteiger partial charge < -0.3 is 10.2 Å². The monoisotopic (exact) mass is 313 g/mol. The van der Waals surface area contributed by atoms with Gasteiger partial charge in [0.25, 0.3) is 0 Å². The van der Waals surface area contributed by atoms with E-state index in [9.17, 15) is 4.79 Å². The number of aliphatic hydroxyl groups is 2. The lowest BCUT2D eigenvalue weighted by Gasteiger charge is -1.95. The summed E-state index contributed by atoms with van der Waals surface area (Å²) in [5, 5.41) is 34.6. The Morgan fingerprint density at radius 1 is 1.09 bits per heavy atom. The lowest BCUT2D eigenvalue weighted by molar-refractivity contribution is -0.117. The van der Waals surface area contributed by atoms with Crippen molar-refractivity contribution in [1.82, 2.24) is 0 Å². The number of hydrogen-bond donors (Lipinski definition) is 2. The summed E-state index contributed by atoms with van der Waals surface area (Å²) in [6.45, 7) is 5.90. The normalized spacial score (nSPS) is 17.1. The maximum Gasteiger partial charge on any atom is 0.190 e. The SMILES string of the molecule is CC(=O)CCO.CC1(CCN=[N+]=[N-])N=N1.CC1(CCO)N=N1. The van der Waals surface area contributed by atoms with E-state index < -0.39 is 0 Å². The van der Waals surface area contributed by atoms with Gasteiger partial charge in [-0.05, 0) is 26.3 Å². The van der Waals surface area contributed by atoms with Crippen LogP contribution in [0.4, 0.5) is 0 Å². The summed E-state index contributed by atoms with van der Waals surface area (Å²) in [5.74, 6) is 0.0394. The molecule has 0 aromatic carbocycles. The molecule has 0 atom stereocenters. The van der Waals surface area contributed by atoms with Crippen molar-refractivity contribution in [2.45, 2.75) is 51.4 Å². The summed E-state index contributed by atoms with van der Waals surface area (Å²) in [4.78, 5) is 12.5. The summed E-state index contributed by atoms with van der Waals surface area (Å²) >= 11 is 0. The molecule has 0 fully saturated rings. The zero-order valence-corrected chi connectivity index (χ0v) is 13.2. The highest BCUT2D eigenvalue weighted by molar-refractivity contribution is 5.75. The standard InChI is InChI=1S/C4H7N5.C4H8N2O.C4H8O2/c1-4(7-8-4)2-3-6-9-5;1-4(2-3-7)5-6-4;1-4(6)2-3-5/h2-3H2,1H3;7H,2-3H2,1H3;5H,2-3H2,1H3. The maximum absolute atomic E-state index is 9.88. The summed E-state index contributed by atoms with van der Waals surface area (Å²) in [6.07, 6.45) is 1.70. The average molecular weight is 313 g/mol. The van der Waals surface area contributed by atoms with E-state index in [1.54, 1.807) is 0 Å². The number of rotatable bonds is 7. The van der Waals surface area contributed by atoms with E-state index in [1.807, 2.05) is 13.8 Å². The molecule has 22 heavy (non-hydrogen) atoms. The first-order valence-corrected chi connectivity index (χ1v) is 6.91. The molecule has 0 bridgehead atoms. The molecule has 2 rings (SSSR count). The van der Waals surface area contributed by atoms with E-state index in [0.717, 1.165) is 6.42 Å². The molecule has 10 nitrogen and oxygen atoms in total. The quantitative estimate of drug-likeness (QED) is 0.420. The lowest BCUT2D eigenvalue weighted by atomic mass is 10.2. The molecule has 0 aromatic rings. The molecule has 2 aliphatic heterocycles. The van der Waals surface area contributed by atoms with Crippen molar-refractivity contribution in [2.75, 3.05) is 19.8 Å². The van der Waals surface area contributed by atoms with Gasteiger partial charge in [-0.2, -0.15) is 20.5 Å². The number of hydrogen-bond acceptors (Lipinski definition) is 8. The zero-order valence-electron chi connectivity index (χ0n) is 13.2.